The number of hydrogen-bond acceptors (Lipinski definition) is 4. The number of rotatable bonds is 1. The van der Waals surface area contributed by atoms with Gasteiger partial charge in [0.05, 0.1) is 9.35 Å². The molecule has 3 rings (SSSR count). The molecule has 1 N–H and O–H groups in total. The summed E-state index contributed by atoms with van der Waals surface area (Å²) in [6, 6.07) is 1.29. The lowest BCUT2D eigenvalue weighted by molar-refractivity contribution is -0.136. The van der Waals surface area contributed by atoms with Crippen LogP contribution in [0.3, 0.4) is 0 Å². The molecule has 2 aliphatic heterocycles. The van der Waals surface area contributed by atoms with Crippen LogP contribution in [0, 0.1) is 0 Å². The van der Waals surface area contributed by atoms with Crippen molar-refractivity contribution in [1.82, 2.24) is 10.2 Å². The first-order chi connectivity index (χ1) is 9.06. The topological polar surface area (TPSA) is 66.5 Å². The number of carbonyl (C=O) groups excluding carboxylic acids is 3. The summed E-state index contributed by atoms with van der Waals surface area (Å²) < 4.78 is 0.927. The fourth-order valence-corrected chi connectivity index (χ4v) is 4.19. The second-order valence-corrected chi connectivity index (χ2v) is 7.12. The summed E-state index contributed by atoms with van der Waals surface area (Å²) in [4.78, 5) is 38.0. The molecule has 5 nitrogen and oxygen atoms in total. The number of hydrogen-bond donors (Lipinski definition) is 1. The van der Waals surface area contributed by atoms with E-state index < -0.39 is 6.04 Å². The Labute approximate surface area is 122 Å². The quantitative estimate of drug-likeness (QED) is 0.782. The van der Waals surface area contributed by atoms with Crippen LogP contribution in [0.25, 0.3) is 0 Å². The summed E-state index contributed by atoms with van der Waals surface area (Å²) in [5.74, 6) is -0.732. The number of halogens is 1. The Kier molecular flexibility index (Phi) is 3.18. The molecule has 0 bridgehead atoms. The Bertz CT molecular complexity index is 584. The Morgan fingerprint density at radius 1 is 1.32 bits per heavy atom. The molecule has 1 saturated heterocycles. The zero-order valence-corrected chi connectivity index (χ0v) is 12.3. The second-order valence-electron chi connectivity index (χ2n) is 4.60. The predicted octanol–water partition coefficient (Wildman–Crippen LogP) is 1.31. The van der Waals surface area contributed by atoms with Crippen LogP contribution in [-0.4, -0.2) is 35.2 Å². The van der Waals surface area contributed by atoms with Crippen molar-refractivity contribution in [2.45, 2.75) is 25.3 Å². The van der Waals surface area contributed by atoms with Gasteiger partial charge < -0.3 is 4.90 Å². The number of fused-ring (bicyclic) bond motifs is 1. The van der Waals surface area contributed by atoms with Crippen LogP contribution in [0.5, 0.6) is 0 Å². The van der Waals surface area contributed by atoms with Gasteiger partial charge in [0.2, 0.25) is 11.8 Å². The van der Waals surface area contributed by atoms with Crippen LogP contribution in [0.1, 0.15) is 28.1 Å². The molecule has 1 fully saturated rings. The maximum Gasteiger partial charge on any atom is 0.255 e. The highest BCUT2D eigenvalue weighted by Crippen LogP contribution is 2.32. The third kappa shape index (κ3) is 2.21. The van der Waals surface area contributed by atoms with Gasteiger partial charge in [0.15, 0.2) is 0 Å². The molecule has 19 heavy (non-hydrogen) atoms. The molecular formula is C12H11BrN2O3S. The van der Waals surface area contributed by atoms with E-state index in [0.29, 0.717) is 24.9 Å². The number of carbonyl (C=O) groups is 3. The molecule has 7 heteroatoms. The fraction of sp³-hybridized carbons (Fsp3) is 0.417. The third-order valence-electron chi connectivity index (χ3n) is 3.44. The molecule has 3 amide bonds. The number of nitrogens with one attached hydrogen (secondary N) is 1. The molecule has 0 radical (unpaired) electrons. The summed E-state index contributed by atoms with van der Waals surface area (Å²) in [7, 11) is 0. The first kappa shape index (κ1) is 12.8. The first-order valence-electron chi connectivity index (χ1n) is 5.99. The van der Waals surface area contributed by atoms with E-state index in [9.17, 15) is 14.4 Å². The van der Waals surface area contributed by atoms with E-state index in [1.165, 1.54) is 0 Å². The van der Waals surface area contributed by atoms with Crippen molar-refractivity contribution < 1.29 is 14.4 Å². The second kappa shape index (κ2) is 4.72. The van der Waals surface area contributed by atoms with Crippen molar-refractivity contribution in [2.24, 2.45) is 0 Å². The minimum absolute atomic E-state index is 0.113. The number of imide groups is 1. The Balaban J connectivity index is 1.86. The number of amides is 3. The van der Waals surface area contributed by atoms with Gasteiger partial charge in [0.25, 0.3) is 5.91 Å². The van der Waals surface area contributed by atoms with Gasteiger partial charge >= 0.3 is 0 Å². The molecule has 0 saturated carbocycles. The van der Waals surface area contributed by atoms with Crippen LogP contribution in [0.2, 0.25) is 0 Å². The largest absolute Gasteiger partial charge is 0.326 e. The van der Waals surface area contributed by atoms with E-state index >= 15 is 0 Å². The van der Waals surface area contributed by atoms with Gasteiger partial charge in [-0.05, 0) is 28.4 Å². The van der Waals surface area contributed by atoms with E-state index in [1.54, 1.807) is 22.3 Å². The van der Waals surface area contributed by atoms with E-state index in [1.807, 2.05) is 0 Å². The van der Waals surface area contributed by atoms with Crippen LogP contribution in [-0.2, 0) is 16.0 Å². The lowest BCUT2D eigenvalue weighted by Crippen LogP contribution is -2.55. The average Bonchev–Trinajstić information content (AvgIpc) is 2.73. The van der Waals surface area contributed by atoms with Crippen molar-refractivity contribution in [2.75, 3.05) is 6.54 Å². The summed E-state index contributed by atoms with van der Waals surface area (Å²) in [5.41, 5.74) is 0.674. The number of thiophene rings is 1. The molecule has 3 heterocycles. The maximum absolute atomic E-state index is 12.4. The summed E-state index contributed by atoms with van der Waals surface area (Å²) >= 11 is 4.94. The lowest BCUT2D eigenvalue weighted by atomic mass is 10.00. The van der Waals surface area contributed by atoms with Gasteiger partial charge in [-0.15, -0.1) is 11.3 Å². The van der Waals surface area contributed by atoms with Crippen molar-refractivity contribution >= 4 is 45.0 Å². The van der Waals surface area contributed by atoms with Gasteiger partial charge in [-0.1, -0.05) is 0 Å². The molecular weight excluding hydrogens is 332 g/mol. The average molecular weight is 343 g/mol. The van der Waals surface area contributed by atoms with Crippen LogP contribution in [0.15, 0.2) is 9.85 Å². The molecule has 0 spiro atoms. The van der Waals surface area contributed by atoms with Crippen LogP contribution < -0.4 is 5.32 Å². The van der Waals surface area contributed by atoms with Gasteiger partial charge in [-0.3, -0.25) is 19.7 Å². The molecule has 1 aromatic heterocycles. The van der Waals surface area contributed by atoms with E-state index in [4.69, 9.17) is 0 Å². The van der Waals surface area contributed by atoms with Crippen LogP contribution in [0.4, 0.5) is 0 Å². The predicted molar refractivity (Wildman–Crippen MR) is 72.9 cm³/mol. The Hall–Kier alpha value is -1.21. The minimum atomic E-state index is -0.517. The summed E-state index contributed by atoms with van der Waals surface area (Å²) in [6.07, 6.45) is 1.46. The zero-order valence-electron chi connectivity index (χ0n) is 9.94. The highest BCUT2D eigenvalue weighted by Gasteiger charge is 2.37. The first-order valence-corrected chi connectivity index (χ1v) is 7.60. The van der Waals surface area contributed by atoms with E-state index in [2.05, 4.69) is 21.2 Å². The summed E-state index contributed by atoms with van der Waals surface area (Å²) in [6.45, 7) is 0.533. The fourth-order valence-electron chi connectivity index (χ4n) is 2.52. The van der Waals surface area contributed by atoms with Gasteiger partial charge in [0.1, 0.15) is 6.04 Å². The van der Waals surface area contributed by atoms with Crippen molar-refractivity contribution in [3.05, 3.63) is 20.3 Å². The van der Waals surface area contributed by atoms with E-state index in [0.717, 1.165) is 15.1 Å². The SMILES string of the molecule is O=C1CCC(N2CCc3sc(Br)cc3C2=O)C(=O)N1. The Morgan fingerprint density at radius 2 is 2.11 bits per heavy atom. The maximum atomic E-state index is 12.4. The monoisotopic (exact) mass is 342 g/mol. The summed E-state index contributed by atoms with van der Waals surface area (Å²) in [5, 5.41) is 2.30. The zero-order chi connectivity index (χ0) is 13.6. The van der Waals surface area contributed by atoms with E-state index in [-0.39, 0.29) is 17.7 Å². The normalized spacial score (nSPS) is 23.3. The standard InChI is InChI=1S/C12H11BrN2O3S/c13-9-5-6-8(19-9)3-4-15(12(6)18)7-1-2-10(16)14-11(7)17/h5,7H,1-4H2,(H,14,16,17). The smallest absolute Gasteiger partial charge is 0.255 e. The third-order valence-corrected chi connectivity index (χ3v) is 5.13. The molecule has 0 aromatic carbocycles. The molecule has 1 atom stereocenters. The molecule has 100 valence electrons. The highest BCUT2D eigenvalue weighted by molar-refractivity contribution is 9.11. The van der Waals surface area contributed by atoms with Crippen molar-refractivity contribution in [3.8, 4) is 0 Å². The number of nitrogens with zero attached hydrogens (tertiary/aromatic N) is 1. The molecule has 0 aliphatic carbocycles. The van der Waals surface area contributed by atoms with Crippen molar-refractivity contribution in [1.29, 1.82) is 0 Å². The number of piperidine rings is 1. The lowest BCUT2D eigenvalue weighted by Gasteiger charge is -2.35. The molecule has 2 aliphatic rings. The van der Waals surface area contributed by atoms with Gasteiger partial charge in [0, 0.05) is 24.3 Å². The highest BCUT2D eigenvalue weighted by atomic mass is 79.9. The Morgan fingerprint density at radius 3 is 2.84 bits per heavy atom. The van der Waals surface area contributed by atoms with Gasteiger partial charge in [-0.2, -0.15) is 0 Å². The molecule has 1 aromatic rings. The minimum Gasteiger partial charge on any atom is -0.326 e. The van der Waals surface area contributed by atoms with Crippen LogP contribution >= 0.6 is 27.3 Å². The van der Waals surface area contributed by atoms with Crippen molar-refractivity contribution in [3.63, 3.8) is 0 Å². The van der Waals surface area contributed by atoms with Gasteiger partial charge in [-0.25, -0.2) is 0 Å². The molecule has 1 unspecified atom stereocenters.